The second-order valence-electron chi connectivity index (χ2n) is 6.52. The van der Waals surface area contributed by atoms with Crippen LogP contribution in [0.2, 0.25) is 0 Å². The molecule has 0 aromatic heterocycles. The number of anilines is 1. The first-order valence-corrected chi connectivity index (χ1v) is 8.37. The van der Waals surface area contributed by atoms with Crippen LogP contribution in [0, 0.1) is 5.92 Å². The van der Waals surface area contributed by atoms with Crippen LogP contribution in [-0.2, 0) is 19.1 Å². The van der Waals surface area contributed by atoms with Gasteiger partial charge in [0.05, 0.1) is 12.6 Å². The maximum atomic E-state index is 12.1. The molecule has 2 amide bonds. The molecule has 1 aromatic carbocycles. The van der Waals surface area contributed by atoms with Gasteiger partial charge in [-0.1, -0.05) is 26.0 Å². The average Bonchev–Trinajstić information content (AvgIpc) is 2.57. The second kappa shape index (κ2) is 8.94. The summed E-state index contributed by atoms with van der Waals surface area (Å²) in [7, 11) is 1.46. The Labute approximate surface area is 147 Å². The van der Waals surface area contributed by atoms with Gasteiger partial charge in [-0.05, 0) is 23.6 Å². The van der Waals surface area contributed by atoms with E-state index in [2.05, 4.69) is 5.32 Å². The Kier molecular flexibility index (Phi) is 6.92. The fraction of sp³-hybridized carbons (Fsp3) is 0.556. The van der Waals surface area contributed by atoms with E-state index in [9.17, 15) is 14.7 Å². The molecule has 0 aliphatic carbocycles. The third-order valence-electron chi connectivity index (χ3n) is 4.00. The lowest BCUT2D eigenvalue weighted by Gasteiger charge is -2.41. The predicted molar refractivity (Wildman–Crippen MR) is 93.1 cm³/mol. The van der Waals surface area contributed by atoms with Crippen molar-refractivity contribution in [1.29, 1.82) is 0 Å². The lowest BCUT2D eigenvalue weighted by Crippen LogP contribution is -2.53. The SMILES string of the molecule is COCC(=O)Nc1ccc(C2OCC(=O)N(CC(C)C)C2CO)cc1. The highest BCUT2D eigenvalue weighted by Crippen LogP contribution is 2.30. The quantitative estimate of drug-likeness (QED) is 0.771. The molecule has 1 aliphatic heterocycles. The Morgan fingerprint density at radius 3 is 2.64 bits per heavy atom. The summed E-state index contributed by atoms with van der Waals surface area (Å²) >= 11 is 0. The number of aliphatic hydroxyl groups excluding tert-OH is 1. The molecule has 2 atom stereocenters. The average molecular weight is 350 g/mol. The Balaban J connectivity index is 2.13. The number of methoxy groups -OCH3 is 1. The number of benzene rings is 1. The first-order valence-electron chi connectivity index (χ1n) is 8.37. The third-order valence-corrected chi connectivity index (χ3v) is 4.00. The van der Waals surface area contributed by atoms with Crippen LogP contribution in [0.15, 0.2) is 24.3 Å². The number of carbonyl (C=O) groups excluding carboxylic acids is 2. The van der Waals surface area contributed by atoms with Crippen LogP contribution in [0.4, 0.5) is 5.69 Å². The molecule has 2 unspecified atom stereocenters. The van der Waals surface area contributed by atoms with Crippen LogP contribution in [0.1, 0.15) is 25.5 Å². The van der Waals surface area contributed by atoms with Crippen LogP contribution in [0.5, 0.6) is 0 Å². The highest BCUT2D eigenvalue weighted by molar-refractivity contribution is 5.91. The van der Waals surface area contributed by atoms with Gasteiger partial charge in [0, 0.05) is 19.3 Å². The fourth-order valence-corrected chi connectivity index (χ4v) is 2.93. The van der Waals surface area contributed by atoms with Crippen LogP contribution < -0.4 is 5.32 Å². The normalized spacial score (nSPS) is 20.8. The number of hydrogen-bond donors (Lipinski definition) is 2. The minimum atomic E-state index is -0.419. The van der Waals surface area contributed by atoms with Gasteiger partial charge in [-0.15, -0.1) is 0 Å². The molecular weight excluding hydrogens is 324 g/mol. The van der Waals surface area contributed by atoms with Crippen molar-refractivity contribution in [3.8, 4) is 0 Å². The van der Waals surface area contributed by atoms with E-state index < -0.39 is 12.1 Å². The van der Waals surface area contributed by atoms with E-state index in [0.29, 0.717) is 18.2 Å². The van der Waals surface area contributed by atoms with Crippen molar-refractivity contribution in [1.82, 2.24) is 4.90 Å². The lowest BCUT2D eigenvalue weighted by molar-refractivity contribution is -0.161. The molecule has 25 heavy (non-hydrogen) atoms. The Bertz CT molecular complexity index is 588. The van der Waals surface area contributed by atoms with Gasteiger partial charge >= 0.3 is 0 Å². The number of amides is 2. The number of ether oxygens (including phenoxy) is 2. The summed E-state index contributed by atoms with van der Waals surface area (Å²) in [5.74, 6) is -0.0336. The van der Waals surface area contributed by atoms with E-state index in [0.717, 1.165) is 5.56 Å². The van der Waals surface area contributed by atoms with E-state index in [1.807, 2.05) is 26.0 Å². The molecule has 7 heteroatoms. The standard InChI is InChI=1S/C18H26N2O5/c1-12(2)8-20-15(9-21)18(25-11-17(20)23)13-4-6-14(7-5-13)19-16(22)10-24-3/h4-7,12,15,18,21H,8-11H2,1-3H3,(H,19,22). The molecule has 0 bridgehead atoms. The molecular formula is C18H26N2O5. The molecule has 1 fully saturated rings. The number of morpholine rings is 1. The van der Waals surface area contributed by atoms with Crippen molar-refractivity contribution in [2.75, 3.05) is 38.8 Å². The molecule has 1 aromatic rings. The topological polar surface area (TPSA) is 88.1 Å². The summed E-state index contributed by atoms with van der Waals surface area (Å²) in [5, 5.41) is 12.5. The zero-order valence-electron chi connectivity index (χ0n) is 14.9. The van der Waals surface area contributed by atoms with Crippen molar-refractivity contribution < 1.29 is 24.2 Å². The van der Waals surface area contributed by atoms with Crippen molar-refractivity contribution in [3.63, 3.8) is 0 Å². The minimum absolute atomic E-state index is 0.000211. The number of aliphatic hydroxyl groups is 1. The maximum absolute atomic E-state index is 12.1. The Morgan fingerprint density at radius 1 is 1.40 bits per heavy atom. The highest BCUT2D eigenvalue weighted by Gasteiger charge is 2.37. The third kappa shape index (κ3) is 5.01. The zero-order chi connectivity index (χ0) is 18.4. The minimum Gasteiger partial charge on any atom is -0.394 e. The summed E-state index contributed by atoms with van der Waals surface area (Å²) in [6.07, 6.45) is -0.398. The van der Waals surface area contributed by atoms with Crippen molar-refractivity contribution in [3.05, 3.63) is 29.8 Å². The van der Waals surface area contributed by atoms with Crippen LogP contribution in [0.25, 0.3) is 0 Å². The Hall–Kier alpha value is -1.96. The largest absolute Gasteiger partial charge is 0.394 e. The first-order chi connectivity index (χ1) is 12.0. The summed E-state index contributed by atoms with van der Waals surface area (Å²) in [6.45, 7) is 4.46. The summed E-state index contributed by atoms with van der Waals surface area (Å²) < 4.78 is 10.5. The number of carbonyl (C=O) groups is 2. The van der Waals surface area contributed by atoms with Gasteiger partial charge in [-0.3, -0.25) is 9.59 Å². The van der Waals surface area contributed by atoms with E-state index in [1.54, 1.807) is 17.0 Å². The molecule has 2 rings (SSSR count). The highest BCUT2D eigenvalue weighted by atomic mass is 16.5. The lowest BCUT2D eigenvalue weighted by atomic mass is 9.98. The molecule has 1 aliphatic rings. The molecule has 0 saturated carbocycles. The monoisotopic (exact) mass is 350 g/mol. The molecule has 1 saturated heterocycles. The van der Waals surface area contributed by atoms with Gasteiger partial charge in [0.2, 0.25) is 11.8 Å². The maximum Gasteiger partial charge on any atom is 0.250 e. The van der Waals surface area contributed by atoms with Gasteiger partial charge in [-0.2, -0.15) is 0 Å². The molecule has 0 spiro atoms. The zero-order valence-corrected chi connectivity index (χ0v) is 14.9. The molecule has 138 valence electrons. The van der Waals surface area contributed by atoms with Gasteiger partial charge in [0.15, 0.2) is 0 Å². The molecule has 0 radical (unpaired) electrons. The number of nitrogens with zero attached hydrogens (tertiary/aromatic N) is 1. The number of hydrogen-bond acceptors (Lipinski definition) is 5. The smallest absolute Gasteiger partial charge is 0.250 e. The molecule has 1 heterocycles. The fourth-order valence-electron chi connectivity index (χ4n) is 2.93. The van der Waals surface area contributed by atoms with Crippen molar-refractivity contribution >= 4 is 17.5 Å². The van der Waals surface area contributed by atoms with E-state index in [-0.39, 0.29) is 31.6 Å². The van der Waals surface area contributed by atoms with Crippen LogP contribution in [0.3, 0.4) is 0 Å². The Morgan fingerprint density at radius 2 is 2.08 bits per heavy atom. The van der Waals surface area contributed by atoms with E-state index >= 15 is 0 Å². The first kappa shape index (κ1) is 19.4. The van der Waals surface area contributed by atoms with Crippen LogP contribution >= 0.6 is 0 Å². The van der Waals surface area contributed by atoms with Crippen molar-refractivity contribution in [2.24, 2.45) is 5.92 Å². The predicted octanol–water partition coefficient (Wildman–Crippen LogP) is 1.19. The van der Waals surface area contributed by atoms with Crippen molar-refractivity contribution in [2.45, 2.75) is 26.0 Å². The number of rotatable bonds is 7. The van der Waals surface area contributed by atoms with E-state index in [4.69, 9.17) is 9.47 Å². The van der Waals surface area contributed by atoms with Gasteiger partial charge < -0.3 is 24.8 Å². The molecule has 7 nitrogen and oxygen atoms in total. The molecule has 2 N–H and O–H groups in total. The summed E-state index contributed by atoms with van der Waals surface area (Å²) in [4.78, 5) is 25.4. The summed E-state index contributed by atoms with van der Waals surface area (Å²) in [5.41, 5.74) is 1.50. The van der Waals surface area contributed by atoms with E-state index in [1.165, 1.54) is 7.11 Å². The van der Waals surface area contributed by atoms with Gasteiger partial charge in [0.25, 0.3) is 0 Å². The summed E-state index contributed by atoms with van der Waals surface area (Å²) in [6, 6.07) is 6.78. The van der Waals surface area contributed by atoms with Gasteiger partial charge in [-0.25, -0.2) is 0 Å². The van der Waals surface area contributed by atoms with Gasteiger partial charge in [0.1, 0.15) is 19.3 Å². The second-order valence-corrected chi connectivity index (χ2v) is 6.52. The van der Waals surface area contributed by atoms with Crippen LogP contribution in [-0.4, -0.2) is 61.3 Å². The number of nitrogens with one attached hydrogen (secondary N) is 1.